The highest BCUT2D eigenvalue weighted by atomic mass is 16.7. The van der Waals surface area contributed by atoms with Crippen molar-refractivity contribution < 1.29 is 14.3 Å². The third-order valence-electron chi connectivity index (χ3n) is 4.13. The summed E-state index contributed by atoms with van der Waals surface area (Å²) >= 11 is 0. The summed E-state index contributed by atoms with van der Waals surface area (Å²) in [5.41, 5.74) is -0.145. The third-order valence-corrected chi connectivity index (χ3v) is 4.13. The standard InChI is InChI=1S/C15H20N2O4/c18-13-3-1-2-6-17(13)11-14(19)16-7-4-12(5-8-16)15-20-9-10-21-15/h1-3,6,12,15H,4-5,7-11H2. The maximum absolute atomic E-state index is 12.3. The molecule has 0 N–H and O–H groups in total. The molecule has 0 atom stereocenters. The van der Waals surface area contributed by atoms with Gasteiger partial charge in [0.15, 0.2) is 6.29 Å². The van der Waals surface area contributed by atoms with Crippen LogP contribution in [0.3, 0.4) is 0 Å². The second kappa shape index (κ2) is 6.41. The molecule has 2 aliphatic rings. The van der Waals surface area contributed by atoms with Crippen LogP contribution in [0.1, 0.15) is 12.8 Å². The highest BCUT2D eigenvalue weighted by Crippen LogP contribution is 2.25. The Bertz CT molecular complexity index is 543. The second-order valence-corrected chi connectivity index (χ2v) is 5.49. The van der Waals surface area contributed by atoms with Gasteiger partial charge in [-0.05, 0) is 18.9 Å². The van der Waals surface area contributed by atoms with E-state index in [-0.39, 0.29) is 24.3 Å². The van der Waals surface area contributed by atoms with Gasteiger partial charge in [-0.1, -0.05) is 6.07 Å². The van der Waals surface area contributed by atoms with Crippen LogP contribution in [-0.4, -0.2) is 48.0 Å². The molecule has 0 aromatic carbocycles. The Morgan fingerprint density at radius 2 is 1.90 bits per heavy atom. The van der Waals surface area contributed by atoms with Gasteiger partial charge in [-0.25, -0.2) is 0 Å². The zero-order valence-corrected chi connectivity index (χ0v) is 11.9. The van der Waals surface area contributed by atoms with Gasteiger partial charge >= 0.3 is 0 Å². The number of carbonyl (C=O) groups excluding carboxylic acids is 1. The number of hydrogen-bond acceptors (Lipinski definition) is 4. The lowest BCUT2D eigenvalue weighted by Gasteiger charge is -2.34. The van der Waals surface area contributed by atoms with Crippen LogP contribution < -0.4 is 5.56 Å². The van der Waals surface area contributed by atoms with Crippen molar-refractivity contribution in [3.8, 4) is 0 Å². The smallest absolute Gasteiger partial charge is 0.250 e. The number of pyridine rings is 1. The highest BCUT2D eigenvalue weighted by molar-refractivity contribution is 5.76. The molecule has 6 heteroatoms. The van der Waals surface area contributed by atoms with Crippen molar-refractivity contribution in [2.45, 2.75) is 25.7 Å². The molecule has 3 heterocycles. The number of piperidine rings is 1. The van der Waals surface area contributed by atoms with Crippen molar-refractivity contribution in [1.82, 2.24) is 9.47 Å². The molecule has 0 spiro atoms. The largest absolute Gasteiger partial charge is 0.350 e. The Labute approximate surface area is 123 Å². The van der Waals surface area contributed by atoms with Gasteiger partial charge in [0, 0.05) is 31.3 Å². The maximum atomic E-state index is 12.3. The van der Waals surface area contributed by atoms with E-state index in [0.717, 1.165) is 12.8 Å². The predicted molar refractivity (Wildman–Crippen MR) is 75.7 cm³/mol. The number of carbonyl (C=O) groups is 1. The normalized spacial score (nSPS) is 20.9. The molecular weight excluding hydrogens is 272 g/mol. The van der Waals surface area contributed by atoms with Crippen LogP contribution >= 0.6 is 0 Å². The van der Waals surface area contributed by atoms with Crippen LogP contribution in [0.25, 0.3) is 0 Å². The molecule has 1 aromatic heterocycles. The average molecular weight is 292 g/mol. The molecule has 1 aromatic rings. The molecule has 6 nitrogen and oxygen atoms in total. The Kier molecular flexibility index (Phi) is 4.36. The summed E-state index contributed by atoms with van der Waals surface area (Å²) in [5.74, 6) is 0.367. The second-order valence-electron chi connectivity index (χ2n) is 5.49. The Morgan fingerprint density at radius 1 is 1.19 bits per heavy atom. The van der Waals surface area contributed by atoms with E-state index in [2.05, 4.69) is 0 Å². The van der Waals surface area contributed by atoms with E-state index in [1.165, 1.54) is 10.6 Å². The molecule has 1 amide bonds. The van der Waals surface area contributed by atoms with Crippen LogP contribution in [0.4, 0.5) is 0 Å². The summed E-state index contributed by atoms with van der Waals surface area (Å²) in [6.45, 7) is 2.85. The molecule has 21 heavy (non-hydrogen) atoms. The highest BCUT2D eigenvalue weighted by Gasteiger charge is 2.31. The van der Waals surface area contributed by atoms with Crippen molar-refractivity contribution in [2.24, 2.45) is 5.92 Å². The van der Waals surface area contributed by atoms with Crippen LogP contribution in [0.5, 0.6) is 0 Å². The Hall–Kier alpha value is -1.66. The lowest BCUT2D eigenvalue weighted by molar-refractivity contribution is -0.137. The van der Waals surface area contributed by atoms with Gasteiger partial charge in [-0.15, -0.1) is 0 Å². The van der Waals surface area contributed by atoms with Gasteiger partial charge in [0.25, 0.3) is 5.56 Å². The van der Waals surface area contributed by atoms with Crippen molar-refractivity contribution in [1.29, 1.82) is 0 Å². The molecule has 0 unspecified atom stereocenters. The fourth-order valence-electron chi connectivity index (χ4n) is 2.91. The van der Waals surface area contributed by atoms with Gasteiger partial charge in [0.1, 0.15) is 6.54 Å². The number of aromatic nitrogens is 1. The van der Waals surface area contributed by atoms with Crippen LogP contribution in [0.15, 0.2) is 29.2 Å². The number of rotatable bonds is 3. The number of likely N-dealkylation sites (tertiary alicyclic amines) is 1. The zero-order chi connectivity index (χ0) is 14.7. The van der Waals surface area contributed by atoms with E-state index >= 15 is 0 Å². The molecular formula is C15H20N2O4. The summed E-state index contributed by atoms with van der Waals surface area (Å²) in [7, 11) is 0. The first-order valence-electron chi connectivity index (χ1n) is 7.40. The zero-order valence-electron chi connectivity index (χ0n) is 11.9. The van der Waals surface area contributed by atoms with Crippen LogP contribution in [-0.2, 0) is 20.8 Å². The molecule has 0 aliphatic carbocycles. The number of ether oxygens (including phenoxy) is 2. The van der Waals surface area contributed by atoms with E-state index in [1.54, 1.807) is 18.3 Å². The minimum absolute atomic E-state index is 0.00462. The number of amides is 1. The lowest BCUT2D eigenvalue weighted by Crippen LogP contribution is -2.43. The first-order chi connectivity index (χ1) is 10.2. The first kappa shape index (κ1) is 14.3. The predicted octanol–water partition coefficient (Wildman–Crippen LogP) is 0.460. The molecule has 0 radical (unpaired) electrons. The minimum Gasteiger partial charge on any atom is -0.350 e. The monoisotopic (exact) mass is 292 g/mol. The van der Waals surface area contributed by atoms with E-state index in [1.807, 2.05) is 4.90 Å². The SMILES string of the molecule is O=C(Cn1ccccc1=O)N1CCC(C2OCCO2)CC1. The van der Waals surface area contributed by atoms with Crippen molar-refractivity contribution in [3.05, 3.63) is 34.7 Å². The number of nitrogens with zero attached hydrogens (tertiary/aromatic N) is 2. The van der Waals surface area contributed by atoms with Crippen molar-refractivity contribution >= 4 is 5.91 Å². The number of hydrogen-bond donors (Lipinski definition) is 0. The molecule has 3 rings (SSSR count). The molecule has 0 saturated carbocycles. The maximum Gasteiger partial charge on any atom is 0.250 e. The van der Waals surface area contributed by atoms with Gasteiger partial charge < -0.3 is 18.9 Å². The molecule has 2 aliphatic heterocycles. The first-order valence-corrected chi connectivity index (χ1v) is 7.40. The van der Waals surface area contributed by atoms with Gasteiger partial charge in [0.2, 0.25) is 5.91 Å². The Balaban J connectivity index is 1.53. The fraction of sp³-hybridized carbons (Fsp3) is 0.600. The summed E-state index contributed by atoms with van der Waals surface area (Å²) < 4.78 is 12.5. The molecule has 0 bridgehead atoms. The quantitative estimate of drug-likeness (QED) is 0.812. The fourth-order valence-corrected chi connectivity index (χ4v) is 2.91. The van der Waals surface area contributed by atoms with Gasteiger partial charge in [-0.3, -0.25) is 9.59 Å². The van der Waals surface area contributed by atoms with Gasteiger partial charge in [0.05, 0.1) is 13.2 Å². The minimum atomic E-state index is -0.145. The van der Waals surface area contributed by atoms with E-state index in [4.69, 9.17) is 9.47 Å². The summed E-state index contributed by atoms with van der Waals surface area (Å²) in [5, 5.41) is 0. The van der Waals surface area contributed by atoms with Crippen molar-refractivity contribution in [2.75, 3.05) is 26.3 Å². The lowest BCUT2D eigenvalue weighted by atomic mass is 9.96. The molecule has 2 saturated heterocycles. The van der Waals surface area contributed by atoms with Crippen LogP contribution in [0, 0.1) is 5.92 Å². The molecule has 114 valence electrons. The van der Waals surface area contributed by atoms with Crippen molar-refractivity contribution in [3.63, 3.8) is 0 Å². The van der Waals surface area contributed by atoms with Crippen LogP contribution in [0.2, 0.25) is 0 Å². The summed E-state index contributed by atoms with van der Waals surface area (Å²) in [4.78, 5) is 25.7. The third kappa shape index (κ3) is 3.33. The van der Waals surface area contributed by atoms with Gasteiger partial charge in [-0.2, -0.15) is 0 Å². The summed E-state index contributed by atoms with van der Waals surface area (Å²) in [6, 6.07) is 4.90. The average Bonchev–Trinajstić information content (AvgIpc) is 3.04. The molecule has 2 fully saturated rings. The van der Waals surface area contributed by atoms with E-state index in [9.17, 15) is 9.59 Å². The van der Waals surface area contributed by atoms with E-state index < -0.39 is 0 Å². The Morgan fingerprint density at radius 3 is 2.57 bits per heavy atom. The summed E-state index contributed by atoms with van der Waals surface area (Å²) in [6.07, 6.45) is 3.33. The topological polar surface area (TPSA) is 60.8 Å². The van der Waals surface area contributed by atoms with E-state index in [0.29, 0.717) is 32.2 Å².